The van der Waals surface area contributed by atoms with Gasteiger partial charge in [-0.2, -0.15) is 0 Å². The number of aliphatic hydroxyl groups excluding tert-OH is 1. The summed E-state index contributed by atoms with van der Waals surface area (Å²) < 4.78 is 14.9. The molecule has 0 saturated carbocycles. The van der Waals surface area contributed by atoms with Crippen molar-refractivity contribution in [1.82, 2.24) is 19.5 Å². The van der Waals surface area contributed by atoms with Crippen molar-refractivity contribution in [3.63, 3.8) is 0 Å². The van der Waals surface area contributed by atoms with E-state index in [-0.39, 0.29) is 18.5 Å². The van der Waals surface area contributed by atoms with E-state index in [0.29, 0.717) is 17.3 Å². The molecule has 1 unspecified atom stereocenters. The van der Waals surface area contributed by atoms with Gasteiger partial charge in [0.05, 0.1) is 12.6 Å². The third-order valence-corrected chi connectivity index (χ3v) is 3.44. The summed E-state index contributed by atoms with van der Waals surface area (Å²) in [5.41, 5.74) is 1.48. The van der Waals surface area contributed by atoms with E-state index >= 15 is 0 Å². The number of rotatable bonds is 4. The molecule has 0 fully saturated rings. The SMILES string of the molecule is Cc1nccc(-c2nccn2C(CO)c2ccc(F)cc2)n1. The zero-order valence-corrected chi connectivity index (χ0v) is 12.0. The van der Waals surface area contributed by atoms with Crippen LogP contribution >= 0.6 is 0 Å². The van der Waals surface area contributed by atoms with E-state index in [4.69, 9.17) is 0 Å². The van der Waals surface area contributed by atoms with Gasteiger partial charge in [0.15, 0.2) is 5.82 Å². The molecule has 112 valence electrons. The monoisotopic (exact) mass is 298 g/mol. The Labute approximate surface area is 127 Å². The summed E-state index contributed by atoms with van der Waals surface area (Å²) in [6.45, 7) is 1.68. The van der Waals surface area contributed by atoms with Gasteiger partial charge in [-0.15, -0.1) is 0 Å². The normalized spacial score (nSPS) is 12.3. The fourth-order valence-electron chi connectivity index (χ4n) is 2.38. The molecule has 2 heterocycles. The maximum Gasteiger partial charge on any atom is 0.159 e. The standard InChI is InChI=1S/C16H15FN4O/c1-11-18-7-6-14(20-11)16-19-8-9-21(16)15(10-22)12-2-4-13(17)5-3-12/h2-9,15,22H,10H2,1H3. The van der Waals surface area contributed by atoms with Crippen molar-refractivity contribution in [2.24, 2.45) is 0 Å². The first kappa shape index (κ1) is 14.3. The highest BCUT2D eigenvalue weighted by Crippen LogP contribution is 2.24. The van der Waals surface area contributed by atoms with Gasteiger partial charge in [-0.1, -0.05) is 12.1 Å². The van der Waals surface area contributed by atoms with Crippen molar-refractivity contribution in [2.45, 2.75) is 13.0 Å². The van der Waals surface area contributed by atoms with E-state index in [0.717, 1.165) is 5.56 Å². The molecular weight excluding hydrogens is 283 g/mol. The molecule has 0 radical (unpaired) electrons. The van der Waals surface area contributed by atoms with Crippen LogP contribution in [0.25, 0.3) is 11.5 Å². The number of aryl methyl sites for hydroxylation is 1. The van der Waals surface area contributed by atoms with Gasteiger partial charge in [-0.3, -0.25) is 0 Å². The van der Waals surface area contributed by atoms with Gasteiger partial charge in [0.2, 0.25) is 0 Å². The van der Waals surface area contributed by atoms with Gasteiger partial charge in [-0.05, 0) is 30.7 Å². The van der Waals surface area contributed by atoms with Crippen LogP contribution in [0.1, 0.15) is 17.4 Å². The predicted octanol–water partition coefficient (Wildman–Crippen LogP) is 2.37. The average molecular weight is 298 g/mol. The number of aromatic nitrogens is 4. The molecule has 3 rings (SSSR count). The fourth-order valence-corrected chi connectivity index (χ4v) is 2.38. The lowest BCUT2D eigenvalue weighted by molar-refractivity contribution is 0.250. The van der Waals surface area contributed by atoms with Crippen LogP contribution in [0.2, 0.25) is 0 Å². The van der Waals surface area contributed by atoms with Gasteiger partial charge in [-0.25, -0.2) is 19.3 Å². The Morgan fingerprint density at radius 1 is 1.14 bits per heavy atom. The quantitative estimate of drug-likeness (QED) is 0.803. The maximum absolute atomic E-state index is 13.1. The lowest BCUT2D eigenvalue weighted by Crippen LogP contribution is -2.15. The number of hydrogen-bond donors (Lipinski definition) is 1. The molecule has 2 aromatic heterocycles. The van der Waals surface area contributed by atoms with Crippen LogP contribution in [0.15, 0.2) is 48.9 Å². The van der Waals surface area contributed by atoms with Crippen molar-refractivity contribution >= 4 is 0 Å². The molecule has 0 aliphatic rings. The average Bonchev–Trinajstić information content (AvgIpc) is 2.99. The highest BCUT2D eigenvalue weighted by molar-refractivity contribution is 5.50. The summed E-state index contributed by atoms with van der Waals surface area (Å²) in [6, 6.07) is 7.49. The van der Waals surface area contributed by atoms with Crippen LogP contribution < -0.4 is 0 Å². The number of imidazole rings is 1. The molecule has 0 amide bonds. The summed E-state index contributed by atoms with van der Waals surface area (Å²) in [4.78, 5) is 12.8. The second-order valence-electron chi connectivity index (χ2n) is 4.90. The van der Waals surface area contributed by atoms with E-state index in [9.17, 15) is 9.50 Å². The van der Waals surface area contributed by atoms with Crippen molar-refractivity contribution in [3.8, 4) is 11.5 Å². The lowest BCUT2D eigenvalue weighted by Gasteiger charge is -2.19. The minimum Gasteiger partial charge on any atom is -0.394 e. The van der Waals surface area contributed by atoms with Gasteiger partial charge < -0.3 is 9.67 Å². The van der Waals surface area contributed by atoms with Crippen molar-refractivity contribution in [1.29, 1.82) is 0 Å². The molecule has 6 heteroatoms. The minimum absolute atomic E-state index is 0.126. The molecule has 1 aromatic carbocycles. The molecule has 1 N–H and O–H groups in total. The third-order valence-electron chi connectivity index (χ3n) is 3.44. The lowest BCUT2D eigenvalue weighted by atomic mass is 10.1. The van der Waals surface area contributed by atoms with E-state index < -0.39 is 0 Å². The zero-order chi connectivity index (χ0) is 15.5. The van der Waals surface area contributed by atoms with E-state index in [2.05, 4.69) is 15.0 Å². The Balaban J connectivity index is 2.04. The molecule has 0 saturated heterocycles. The number of aliphatic hydroxyl groups is 1. The van der Waals surface area contributed by atoms with E-state index in [1.807, 2.05) is 4.57 Å². The van der Waals surface area contributed by atoms with Gasteiger partial charge in [0, 0.05) is 18.6 Å². The molecule has 0 spiro atoms. The Morgan fingerprint density at radius 3 is 2.59 bits per heavy atom. The molecule has 5 nitrogen and oxygen atoms in total. The second kappa shape index (κ2) is 6.03. The predicted molar refractivity (Wildman–Crippen MR) is 79.6 cm³/mol. The van der Waals surface area contributed by atoms with Crippen LogP contribution in [0.5, 0.6) is 0 Å². The topological polar surface area (TPSA) is 63.8 Å². The number of benzene rings is 1. The highest BCUT2D eigenvalue weighted by atomic mass is 19.1. The summed E-state index contributed by atoms with van der Waals surface area (Å²) in [5, 5.41) is 9.77. The number of nitrogens with zero attached hydrogens (tertiary/aromatic N) is 4. The summed E-state index contributed by atoms with van der Waals surface area (Å²) in [6.07, 6.45) is 5.10. The molecule has 0 bridgehead atoms. The van der Waals surface area contributed by atoms with Crippen LogP contribution in [-0.4, -0.2) is 31.2 Å². The van der Waals surface area contributed by atoms with Gasteiger partial charge >= 0.3 is 0 Å². The van der Waals surface area contributed by atoms with Crippen LogP contribution in [0, 0.1) is 12.7 Å². The fraction of sp³-hybridized carbons (Fsp3) is 0.188. The Hall–Kier alpha value is -2.60. The number of halogens is 1. The smallest absolute Gasteiger partial charge is 0.159 e. The molecule has 3 aromatic rings. The van der Waals surface area contributed by atoms with Crippen molar-refractivity contribution < 1.29 is 9.50 Å². The third kappa shape index (κ3) is 2.73. The first-order valence-corrected chi connectivity index (χ1v) is 6.88. The Kier molecular flexibility index (Phi) is 3.93. The summed E-state index contributed by atoms with van der Waals surface area (Å²) in [5.74, 6) is 0.973. The van der Waals surface area contributed by atoms with E-state index in [1.165, 1.54) is 12.1 Å². The number of hydrogen-bond acceptors (Lipinski definition) is 4. The highest BCUT2D eigenvalue weighted by Gasteiger charge is 2.18. The van der Waals surface area contributed by atoms with Crippen LogP contribution in [0.4, 0.5) is 4.39 Å². The second-order valence-corrected chi connectivity index (χ2v) is 4.90. The Bertz CT molecular complexity index is 770. The first-order valence-electron chi connectivity index (χ1n) is 6.88. The largest absolute Gasteiger partial charge is 0.394 e. The van der Waals surface area contributed by atoms with Crippen molar-refractivity contribution in [2.75, 3.05) is 6.61 Å². The first-order chi connectivity index (χ1) is 10.7. The van der Waals surface area contributed by atoms with Crippen LogP contribution in [0.3, 0.4) is 0 Å². The summed E-state index contributed by atoms with van der Waals surface area (Å²) >= 11 is 0. The van der Waals surface area contributed by atoms with Gasteiger partial charge in [0.1, 0.15) is 17.3 Å². The van der Waals surface area contributed by atoms with Gasteiger partial charge in [0.25, 0.3) is 0 Å². The summed E-state index contributed by atoms with van der Waals surface area (Å²) in [7, 11) is 0. The minimum atomic E-state index is -0.353. The zero-order valence-electron chi connectivity index (χ0n) is 12.0. The van der Waals surface area contributed by atoms with E-state index in [1.54, 1.807) is 43.7 Å². The Morgan fingerprint density at radius 2 is 1.91 bits per heavy atom. The molecule has 1 atom stereocenters. The molecule has 22 heavy (non-hydrogen) atoms. The maximum atomic E-state index is 13.1. The molecular formula is C16H15FN4O. The molecule has 0 aliphatic carbocycles. The van der Waals surface area contributed by atoms with Crippen molar-refractivity contribution in [3.05, 3.63) is 66.1 Å². The van der Waals surface area contributed by atoms with Crippen LogP contribution in [-0.2, 0) is 0 Å². The molecule has 0 aliphatic heterocycles.